The Labute approximate surface area is 157 Å². The molecule has 0 amide bonds. The Morgan fingerprint density at radius 2 is 1.25 bits per heavy atom. The molecule has 130 valence electrons. The summed E-state index contributed by atoms with van der Waals surface area (Å²) in [6.45, 7) is 13.9. The Kier molecular flexibility index (Phi) is 6.79. The number of methoxy groups -OCH3 is 1. The molecule has 2 rings (SSSR count). The van der Waals surface area contributed by atoms with Gasteiger partial charge >= 0.3 is 158 Å². The standard InChI is InChI=1S/C22H30OTe/c1-14(2)17-12-20(15(3)4)22(21(13-17)16(5)6)24-19-10-8-18(23-7)9-11-19/h8-16H,1-7H3. The fourth-order valence-corrected chi connectivity index (χ4v) is 6.57. The Bertz CT molecular complexity index is 640. The van der Waals surface area contributed by atoms with Crippen molar-refractivity contribution in [2.75, 3.05) is 7.11 Å². The van der Waals surface area contributed by atoms with Gasteiger partial charge in [-0.15, -0.1) is 0 Å². The molecule has 0 aliphatic rings. The van der Waals surface area contributed by atoms with Gasteiger partial charge in [0, 0.05) is 0 Å². The zero-order chi connectivity index (χ0) is 17.9. The van der Waals surface area contributed by atoms with Crippen LogP contribution in [0.5, 0.6) is 5.75 Å². The summed E-state index contributed by atoms with van der Waals surface area (Å²) >= 11 is -0.402. The molecular weight excluding hydrogens is 408 g/mol. The van der Waals surface area contributed by atoms with E-state index in [0.29, 0.717) is 17.8 Å². The van der Waals surface area contributed by atoms with Crippen molar-refractivity contribution in [3.05, 3.63) is 53.1 Å². The van der Waals surface area contributed by atoms with E-state index in [-0.39, 0.29) is 0 Å². The van der Waals surface area contributed by atoms with Gasteiger partial charge in [0.2, 0.25) is 0 Å². The molecule has 0 unspecified atom stereocenters. The molecule has 0 saturated carbocycles. The predicted molar refractivity (Wildman–Crippen MR) is 107 cm³/mol. The minimum absolute atomic E-state index is 0.402. The quantitative estimate of drug-likeness (QED) is 0.594. The van der Waals surface area contributed by atoms with Crippen molar-refractivity contribution in [2.45, 2.75) is 59.3 Å². The first-order chi connectivity index (χ1) is 11.3. The SMILES string of the molecule is COc1ccc([Te]c2c(C(C)C)cc(C(C)C)cc2C(C)C)cc1. The Morgan fingerprint density at radius 1 is 0.750 bits per heavy atom. The Morgan fingerprint density at radius 3 is 1.62 bits per heavy atom. The first kappa shape index (κ1) is 19.4. The van der Waals surface area contributed by atoms with Crippen LogP contribution in [0.2, 0.25) is 0 Å². The minimum atomic E-state index is -0.402. The summed E-state index contributed by atoms with van der Waals surface area (Å²) in [7, 11) is 1.73. The maximum absolute atomic E-state index is 5.30. The van der Waals surface area contributed by atoms with Crippen LogP contribution >= 0.6 is 0 Å². The number of hydrogen-bond acceptors (Lipinski definition) is 1. The summed E-state index contributed by atoms with van der Waals surface area (Å²) < 4.78 is 8.41. The van der Waals surface area contributed by atoms with Crippen molar-refractivity contribution >= 4 is 28.1 Å². The van der Waals surface area contributed by atoms with Gasteiger partial charge in [0.15, 0.2) is 0 Å². The molecule has 2 heteroatoms. The van der Waals surface area contributed by atoms with E-state index in [2.05, 4.69) is 77.9 Å². The number of rotatable bonds is 6. The van der Waals surface area contributed by atoms with E-state index < -0.39 is 20.9 Å². The van der Waals surface area contributed by atoms with Crippen LogP contribution in [0.1, 0.15) is 76.0 Å². The summed E-state index contributed by atoms with van der Waals surface area (Å²) in [5, 5.41) is 0. The second kappa shape index (κ2) is 8.41. The monoisotopic (exact) mass is 440 g/mol. The summed E-state index contributed by atoms with van der Waals surface area (Å²) in [6.07, 6.45) is 0. The molecule has 0 fully saturated rings. The molecule has 0 bridgehead atoms. The summed E-state index contributed by atoms with van der Waals surface area (Å²) in [6, 6.07) is 13.6. The summed E-state index contributed by atoms with van der Waals surface area (Å²) in [5.41, 5.74) is 4.60. The van der Waals surface area contributed by atoms with Gasteiger partial charge < -0.3 is 0 Å². The van der Waals surface area contributed by atoms with Crippen molar-refractivity contribution in [2.24, 2.45) is 0 Å². The molecule has 0 radical (unpaired) electrons. The van der Waals surface area contributed by atoms with E-state index in [9.17, 15) is 0 Å². The zero-order valence-electron chi connectivity index (χ0n) is 16.0. The average Bonchev–Trinajstić information content (AvgIpc) is 2.54. The molecule has 0 heterocycles. The van der Waals surface area contributed by atoms with Gasteiger partial charge in [-0.2, -0.15) is 0 Å². The first-order valence-electron chi connectivity index (χ1n) is 8.83. The van der Waals surface area contributed by atoms with Crippen LogP contribution in [-0.4, -0.2) is 28.0 Å². The fourth-order valence-electron chi connectivity index (χ4n) is 2.77. The second-order valence-electron chi connectivity index (χ2n) is 7.27. The Balaban J connectivity index is 2.52. The summed E-state index contributed by atoms with van der Waals surface area (Å²) in [4.78, 5) is 0. The number of hydrogen-bond donors (Lipinski definition) is 0. The summed E-state index contributed by atoms with van der Waals surface area (Å²) in [5.74, 6) is 2.66. The molecule has 0 saturated heterocycles. The van der Waals surface area contributed by atoms with Crippen LogP contribution < -0.4 is 12.0 Å². The molecule has 0 aromatic heterocycles. The van der Waals surface area contributed by atoms with Crippen LogP contribution in [0.4, 0.5) is 0 Å². The van der Waals surface area contributed by atoms with Gasteiger partial charge in [0.05, 0.1) is 0 Å². The molecule has 0 aliphatic heterocycles. The average molecular weight is 438 g/mol. The van der Waals surface area contributed by atoms with Crippen LogP contribution in [-0.2, 0) is 0 Å². The number of ether oxygens (including phenoxy) is 1. The molecule has 0 spiro atoms. The van der Waals surface area contributed by atoms with Crippen LogP contribution in [0.25, 0.3) is 0 Å². The number of benzene rings is 2. The maximum atomic E-state index is 5.30. The van der Waals surface area contributed by atoms with Gasteiger partial charge in [0.25, 0.3) is 0 Å². The van der Waals surface area contributed by atoms with Crippen molar-refractivity contribution in [1.29, 1.82) is 0 Å². The fraction of sp³-hybridized carbons (Fsp3) is 0.455. The second-order valence-corrected chi connectivity index (χ2v) is 10.4. The van der Waals surface area contributed by atoms with Gasteiger partial charge in [-0.05, 0) is 0 Å². The third kappa shape index (κ3) is 4.56. The van der Waals surface area contributed by atoms with E-state index >= 15 is 0 Å². The van der Waals surface area contributed by atoms with Crippen molar-refractivity contribution in [1.82, 2.24) is 0 Å². The predicted octanol–water partition coefficient (Wildman–Crippen LogP) is 4.72. The molecule has 1 nitrogen and oxygen atoms in total. The van der Waals surface area contributed by atoms with Crippen molar-refractivity contribution in [3.8, 4) is 5.75 Å². The first-order valence-corrected chi connectivity index (χ1v) is 11.2. The van der Waals surface area contributed by atoms with E-state index in [4.69, 9.17) is 4.74 Å². The molecule has 0 aliphatic carbocycles. The van der Waals surface area contributed by atoms with Gasteiger partial charge in [-0.25, -0.2) is 0 Å². The third-order valence-electron chi connectivity index (χ3n) is 4.36. The van der Waals surface area contributed by atoms with Crippen LogP contribution in [0.15, 0.2) is 36.4 Å². The van der Waals surface area contributed by atoms with Gasteiger partial charge in [-0.3, -0.25) is 0 Å². The zero-order valence-corrected chi connectivity index (χ0v) is 18.3. The third-order valence-corrected chi connectivity index (χ3v) is 7.74. The molecule has 2 aromatic carbocycles. The van der Waals surface area contributed by atoms with E-state index in [1.165, 1.54) is 9.17 Å². The van der Waals surface area contributed by atoms with E-state index in [1.807, 2.05) is 0 Å². The normalized spacial score (nSPS) is 11.6. The molecular formula is C22H30OTe. The topological polar surface area (TPSA) is 9.23 Å². The van der Waals surface area contributed by atoms with Gasteiger partial charge in [-0.1, -0.05) is 0 Å². The van der Waals surface area contributed by atoms with Crippen molar-refractivity contribution < 1.29 is 4.74 Å². The van der Waals surface area contributed by atoms with E-state index in [0.717, 1.165) is 5.75 Å². The Hall–Kier alpha value is -0.970. The van der Waals surface area contributed by atoms with Gasteiger partial charge in [0.1, 0.15) is 0 Å². The van der Waals surface area contributed by atoms with E-state index in [1.54, 1.807) is 21.8 Å². The van der Waals surface area contributed by atoms with Crippen molar-refractivity contribution in [3.63, 3.8) is 0 Å². The molecule has 24 heavy (non-hydrogen) atoms. The molecule has 0 N–H and O–H groups in total. The molecule has 2 aromatic rings. The van der Waals surface area contributed by atoms with Crippen LogP contribution in [0.3, 0.4) is 0 Å². The van der Waals surface area contributed by atoms with Crippen LogP contribution in [0, 0.1) is 0 Å². The molecule has 0 atom stereocenters.